The van der Waals surface area contributed by atoms with Crippen LogP contribution in [0.5, 0.6) is 5.75 Å². The predicted molar refractivity (Wildman–Crippen MR) is 117 cm³/mol. The minimum atomic E-state index is -0.936. The van der Waals surface area contributed by atoms with Crippen LogP contribution in [0, 0.1) is 16.0 Å². The van der Waals surface area contributed by atoms with Crippen LogP contribution in [0.25, 0.3) is 0 Å². The zero-order valence-corrected chi connectivity index (χ0v) is 18.5. The zero-order valence-electron chi connectivity index (χ0n) is 18.5. The summed E-state index contributed by atoms with van der Waals surface area (Å²) in [6, 6.07) is 11.1. The number of nitro groups is 1. The first-order valence-electron chi connectivity index (χ1n) is 10.3. The van der Waals surface area contributed by atoms with E-state index >= 15 is 0 Å². The van der Waals surface area contributed by atoms with Crippen LogP contribution in [0.2, 0.25) is 0 Å². The third-order valence-electron chi connectivity index (χ3n) is 5.71. The Bertz CT molecular complexity index is 1050. The molecule has 1 aliphatic rings. The van der Waals surface area contributed by atoms with Crippen LogP contribution in [0.4, 0.5) is 5.69 Å². The van der Waals surface area contributed by atoms with E-state index in [4.69, 9.17) is 9.47 Å². The van der Waals surface area contributed by atoms with Crippen LogP contribution in [-0.4, -0.2) is 47.9 Å². The summed E-state index contributed by atoms with van der Waals surface area (Å²) < 4.78 is 10.0. The van der Waals surface area contributed by atoms with Crippen molar-refractivity contribution in [2.24, 2.45) is 5.92 Å². The molecule has 1 N–H and O–H groups in total. The van der Waals surface area contributed by atoms with Crippen LogP contribution >= 0.6 is 0 Å². The quantitative estimate of drug-likeness (QED) is 0.386. The summed E-state index contributed by atoms with van der Waals surface area (Å²) >= 11 is 0. The summed E-state index contributed by atoms with van der Waals surface area (Å²) in [5.41, 5.74) is 1.04. The van der Waals surface area contributed by atoms with Crippen LogP contribution in [-0.2, 0) is 25.7 Å². The molecule has 0 saturated carbocycles. The van der Waals surface area contributed by atoms with Gasteiger partial charge in [-0.05, 0) is 29.7 Å². The Kier molecular flexibility index (Phi) is 7.27. The first kappa shape index (κ1) is 23.7. The molecular weight excluding hydrogens is 430 g/mol. The second kappa shape index (κ2) is 10.1. The highest BCUT2D eigenvalue weighted by Crippen LogP contribution is 2.42. The molecule has 1 fully saturated rings. The number of non-ortho nitro benzene ring substituents is 1. The Morgan fingerprint density at radius 3 is 2.42 bits per heavy atom. The van der Waals surface area contributed by atoms with Gasteiger partial charge in [0.15, 0.2) is 0 Å². The number of nitro benzene ring substituents is 1. The van der Waals surface area contributed by atoms with Crippen LogP contribution in [0.1, 0.15) is 30.5 Å². The first-order valence-corrected chi connectivity index (χ1v) is 10.3. The molecule has 3 rings (SSSR count). The number of ether oxygens (including phenoxy) is 2. The molecule has 2 aromatic carbocycles. The minimum absolute atomic E-state index is 0.0358. The van der Waals surface area contributed by atoms with Crippen molar-refractivity contribution in [2.45, 2.75) is 32.0 Å². The fourth-order valence-electron chi connectivity index (χ4n) is 4.16. The summed E-state index contributed by atoms with van der Waals surface area (Å²) in [7, 11) is 2.78. The number of hydrogen-bond donors (Lipinski definition) is 1. The summed E-state index contributed by atoms with van der Waals surface area (Å²) in [6.45, 7) is 1.52. The van der Waals surface area contributed by atoms with E-state index in [1.807, 2.05) is 0 Å². The summed E-state index contributed by atoms with van der Waals surface area (Å²) in [5.74, 6) is -1.62. The van der Waals surface area contributed by atoms with Gasteiger partial charge in [-0.2, -0.15) is 0 Å². The second-order valence-electron chi connectivity index (χ2n) is 7.67. The maximum Gasteiger partial charge on any atom is 0.311 e. The number of nitrogens with one attached hydrogen (secondary N) is 1. The maximum atomic E-state index is 13.1. The van der Waals surface area contributed by atoms with Gasteiger partial charge in [-0.15, -0.1) is 0 Å². The lowest BCUT2D eigenvalue weighted by Gasteiger charge is -2.30. The van der Waals surface area contributed by atoms with Gasteiger partial charge in [-0.3, -0.25) is 24.5 Å². The van der Waals surface area contributed by atoms with E-state index in [0.29, 0.717) is 11.3 Å². The van der Waals surface area contributed by atoms with Gasteiger partial charge in [0.25, 0.3) is 5.69 Å². The highest BCUT2D eigenvalue weighted by molar-refractivity contribution is 5.90. The lowest BCUT2D eigenvalue weighted by Crippen LogP contribution is -2.45. The van der Waals surface area contributed by atoms with E-state index in [1.165, 1.54) is 37.1 Å². The van der Waals surface area contributed by atoms with Gasteiger partial charge in [0.1, 0.15) is 11.8 Å². The number of methoxy groups -OCH3 is 2. The summed E-state index contributed by atoms with van der Waals surface area (Å²) in [4.78, 5) is 50.2. The molecule has 3 unspecified atom stereocenters. The van der Waals surface area contributed by atoms with Crippen molar-refractivity contribution in [2.75, 3.05) is 14.2 Å². The normalized spacial score (nSPS) is 19.6. The van der Waals surface area contributed by atoms with Crippen LogP contribution in [0.15, 0.2) is 48.5 Å². The van der Waals surface area contributed by atoms with Gasteiger partial charge in [-0.1, -0.05) is 24.3 Å². The zero-order chi connectivity index (χ0) is 24.1. The lowest BCUT2D eigenvalue weighted by molar-refractivity contribution is -0.385. The largest absolute Gasteiger partial charge is 0.497 e. The van der Waals surface area contributed by atoms with Crippen molar-refractivity contribution in [3.05, 3.63) is 69.8 Å². The predicted octanol–water partition coefficient (Wildman–Crippen LogP) is 2.37. The lowest BCUT2D eigenvalue weighted by atomic mass is 9.92. The van der Waals surface area contributed by atoms with Gasteiger partial charge >= 0.3 is 5.97 Å². The molecule has 174 valence electrons. The Morgan fingerprint density at radius 1 is 1.15 bits per heavy atom. The molecule has 1 aliphatic heterocycles. The number of hydrogen-bond acceptors (Lipinski definition) is 7. The molecule has 3 atom stereocenters. The van der Waals surface area contributed by atoms with Crippen LogP contribution in [0.3, 0.4) is 0 Å². The monoisotopic (exact) mass is 455 g/mol. The minimum Gasteiger partial charge on any atom is -0.497 e. The molecule has 0 bridgehead atoms. The molecule has 33 heavy (non-hydrogen) atoms. The Morgan fingerprint density at radius 2 is 1.85 bits per heavy atom. The fraction of sp³-hybridized carbons (Fsp3) is 0.348. The van der Waals surface area contributed by atoms with Crippen molar-refractivity contribution >= 4 is 23.5 Å². The van der Waals surface area contributed by atoms with Gasteiger partial charge in [0, 0.05) is 25.6 Å². The summed E-state index contributed by atoms with van der Waals surface area (Å²) in [6.07, 6.45) is 0.0358. The standard InChI is InChI=1S/C23H25N3O7/c1-14(27)25-20(22(28)24-13-15-7-9-18(32-2)10-8-15)12-19(23(29)33-3)21(25)16-5-4-6-17(11-16)26(30)31/h4-11,19-21H,12-13H2,1-3H3,(H,24,28). The summed E-state index contributed by atoms with van der Waals surface area (Å²) in [5, 5.41) is 14.1. The molecule has 10 heteroatoms. The smallest absolute Gasteiger partial charge is 0.311 e. The van der Waals surface area contributed by atoms with Crippen molar-refractivity contribution in [1.82, 2.24) is 10.2 Å². The van der Waals surface area contributed by atoms with E-state index < -0.39 is 40.7 Å². The first-order chi connectivity index (χ1) is 15.8. The number of nitrogens with zero attached hydrogens (tertiary/aromatic N) is 2. The molecule has 0 spiro atoms. The molecule has 2 aromatic rings. The van der Waals surface area contributed by atoms with Gasteiger partial charge in [0.05, 0.1) is 31.1 Å². The number of benzene rings is 2. The molecule has 2 amide bonds. The van der Waals surface area contributed by atoms with E-state index in [1.54, 1.807) is 37.4 Å². The maximum absolute atomic E-state index is 13.1. The number of amides is 2. The van der Waals surface area contributed by atoms with Crippen LogP contribution < -0.4 is 10.1 Å². The van der Waals surface area contributed by atoms with Crippen molar-refractivity contribution in [3.63, 3.8) is 0 Å². The van der Waals surface area contributed by atoms with E-state index in [0.717, 1.165) is 5.56 Å². The number of carbonyl (C=O) groups excluding carboxylic acids is 3. The third-order valence-corrected chi connectivity index (χ3v) is 5.71. The van der Waals surface area contributed by atoms with Gasteiger partial charge < -0.3 is 19.7 Å². The molecule has 0 radical (unpaired) electrons. The van der Waals surface area contributed by atoms with E-state index in [2.05, 4.69) is 5.32 Å². The third kappa shape index (κ3) is 5.11. The van der Waals surface area contributed by atoms with Crippen molar-refractivity contribution in [3.8, 4) is 5.75 Å². The highest BCUT2D eigenvalue weighted by Gasteiger charge is 2.50. The van der Waals surface area contributed by atoms with E-state index in [-0.39, 0.29) is 18.7 Å². The fourth-order valence-corrected chi connectivity index (χ4v) is 4.16. The van der Waals surface area contributed by atoms with Crippen molar-refractivity contribution < 1.29 is 28.8 Å². The molecule has 10 nitrogen and oxygen atoms in total. The SMILES string of the molecule is COC(=O)C1CC(C(=O)NCc2ccc(OC)cc2)N(C(C)=O)C1c1cccc([N+](=O)[O-])c1. The average Bonchev–Trinajstić information content (AvgIpc) is 3.23. The van der Waals surface area contributed by atoms with E-state index in [9.17, 15) is 24.5 Å². The Balaban J connectivity index is 1.88. The number of carbonyl (C=O) groups is 3. The molecule has 0 aliphatic carbocycles. The molecule has 0 aromatic heterocycles. The molecular formula is C23H25N3O7. The molecule has 1 heterocycles. The highest BCUT2D eigenvalue weighted by atomic mass is 16.6. The Hall–Kier alpha value is -3.95. The average molecular weight is 455 g/mol. The van der Waals surface area contributed by atoms with Gasteiger partial charge in [0.2, 0.25) is 11.8 Å². The van der Waals surface area contributed by atoms with Crippen molar-refractivity contribution in [1.29, 1.82) is 0 Å². The topological polar surface area (TPSA) is 128 Å². The van der Waals surface area contributed by atoms with Gasteiger partial charge in [-0.25, -0.2) is 0 Å². The number of rotatable bonds is 7. The molecule has 1 saturated heterocycles. The number of likely N-dealkylation sites (tertiary alicyclic amines) is 1. The number of esters is 1. The Labute approximate surface area is 190 Å². The second-order valence-corrected chi connectivity index (χ2v) is 7.67.